The molecule has 0 radical (unpaired) electrons. The number of phenols is 1. The second-order valence-corrected chi connectivity index (χ2v) is 3.30. The Morgan fingerprint density at radius 2 is 2.12 bits per heavy atom. The second-order valence-electron chi connectivity index (χ2n) is 3.30. The van der Waals surface area contributed by atoms with Crippen LogP contribution in [0.1, 0.15) is 5.56 Å². The van der Waals surface area contributed by atoms with Crippen LogP contribution in [0, 0.1) is 6.92 Å². The van der Waals surface area contributed by atoms with Crippen molar-refractivity contribution < 1.29 is 15.0 Å². The Morgan fingerprint density at radius 1 is 1.50 bits per heavy atom. The molecule has 2 aromatic rings. The molecule has 2 rings (SSSR count). The van der Waals surface area contributed by atoms with E-state index in [1.54, 1.807) is 12.1 Å². The minimum Gasteiger partial charge on any atom is -0.508 e. The number of hydrogen-bond donors (Lipinski definition) is 4. The highest BCUT2D eigenvalue weighted by Gasteiger charge is 1.98. The molecule has 0 aliphatic carbocycles. The zero-order valence-corrected chi connectivity index (χ0v) is 8.90. The fourth-order valence-corrected chi connectivity index (χ4v) is 1.25. The molecule has 86 valence electrons. The number of carbonyl (C=O) groups is 1. The maximum absolute atomic E-state index is 9.24. The van der Waals surface area contributed by atoms with Crippen molar-refractivity contribution in [3.63, 3.8) is 0 Å². The third-order valence-corrected chi connectivity index (χ3v) is 2.05. The van der Waals surface area contributed by atoms with Crippen molar-refractivity contribution in [2.24, 2.45) is 5.73 Å². The Balaban J connectivity index is 0.000000221. The van der Waals surface area contributed by atoms with E-state index in [9.17, 15) is 4.79 Å². The largest absolute Gasteiger partial charge is 0.508 e. The lowest BCUT2D eigenvalue weighted by Gasteiger charge is -1.92. The van der Waals surface area contributed by atoms with Crippen molar-refractivity contribution in [2.45, 2.75) is 6.92 Å². The highest BCUT2D eigenvalue weighted by molar-refractivity contribution is 5.84. The number of aromatic amines is 1. The lowest BCUT2D eigenvalue weighted by atomic mass is 10.2. The van der Waals surface area contributed by atoms with Crippen LogP contribution in [-0.2, 0) is 4.79 Å². The molecule has 0 unspecified atom stereocenters. The standard InChI is InChI=1S/C9H9NO.C2H5NO2/c1-6-5-10-9-3-2-7(11)4-8(6)9;3-1-2(4)5/h2-5,10-11H,1H3;1,3H2,(H,4,5). The molecule has 1 aromatic carbocycles. The number of rotatable bonds is 1. The van der Waals surface area contributed by atoms with Crippen molar-refractivity contribution in [1.29, 1.82) is 0 Å². The number of phenolic OH excluding ortho intramolecular Hbond substituents is 1. The summed E-state index contributed by atoms with van der Waals surface area (Å²) >= 11 is 0. The summed E-state index contributed by atoms with van der Waals surface area (Å²) in [5, 5.41) is 17.8. The number of benzene rings is 1. The summed E-state index contributed by atoms with van der Waals surface area (Å²) in [6.07, 6.45) is 1.93. The first kappa shape index (κ1) is 12.1. The smallest absolute Gasteiger partial charge is 0.317 e. The van der Waals surface area contributed by atoms with Gasteiger partial charge in [0.1, 0.15) is 5.75 Å². The van der Waals surface area contributed by atoms with Gasteiger partial charge in [-0.05, 0) is 30.7 Å². The SMILES string of the molecule is Cc1c[nH]c2ccc(O)cc12.NCC(=O)O. The molecule has 1 aromatic heterocycles. The van der Waals surface area contributed by atoms with E-state index in [-0.39, 0.29) is 6.54 Å². The Morgan fingerprint density at radius 3 is 2.69 bits per heavy atom. The first-order valence-corrected chi connectivity index (χ1v) is 4.73. The van der Waals surface area contributed by atoms with Crippen molar-refractivity contribution in [3.05, 3.63) is 30.0 Å². The van der Waals surface area contributed by atoms with Gasteiger partial charge < -0.3 is 20.9 Å². The first-order valence-electron chi connectivity index (χ1n) is 4.73. The van der Waals surface area contributed by atoms with Crippen molar-refractivity contribution in [1.82, 2.24) is 4.98 Å². The number of hydrogen-bond acceptors (Lipinski definition) is 3. The van der Waals surface area contributed by atoms with Crippen LogP contribution >= 0.6 is 0 Å². The maximum Gasteiger partial charge on any atom is 0.317 e. The number of aliphatic carboxylic acids is 1. The molecule has 0 fully saturated rings. The zero-order chi connectivity index (χ0) is 12.1. The topological polar surface area (TPSA) is 99.3 Å². The van der Waals surface area contributed by atoms with Crippen LogP contribution in [0.5, 0.6) is 5.75 Å². The van der Waals surface area contributed by atoms with Crippen LogP contribution < -0.4 is 5.73 Å². The van der Waals surface area contributed by atoms with Gasteiger partial charge in [0.25, 0.3) is 0 Å². The van der Waals surface area contributed by atoms with Gasteiger partial charge in [-0.2, -0.15) is 0 Å². The molecule has 0 spiro atoms. The number of aromatic hydroxyl groups is 1. The Kier molecular flexibility index (Phi) is 3.90. The van der Waals surface area contributed by atoms with E-state index in [0.717, 1.165) is 16.5 Å². The molecule has 16 heavy (non-hydrogen) atoms. The van der Waals surface area contributed by atoms with Gasteiger partial charge in [-0.1, -0.05) is 0 Å². The monoisotopic (exact) mass is 222 g/mol. The summed E-state index contributed by atoms with van der Waals surface area (Å²) in [5.41, 5.74) is 6.80. The normalized spacial score (nSPS) is 9.62. The van der Waals surface area contributed by atoms with Gasteiger partial charge in [-0.25, -0.2) is 0 Å². The van der Waals surface area contributed by atoms with Gasteiger partial charge in [0.15, 0.2) is 0 Å². The third-order valence-electron chi connectivity index (χ3n) is 2.05. The maximum atomic E-state index is 9.24. The lowest BCUT2D eigenvalue weighted by Crippen LogP contribution is -2.10. The Hall–Kier alpha value is -2.01. The number of aromatic nitrogens is 1. The number of aryl methyl sites for hydroxylation is 1. The Labute approximate surface area is 92.5 Å². The molecule has 0 bridgehead atoms. The van der Waals surface area contributed by atoms with Crippen LogP contribution in [0.3, 0.4) is 0 Å². The fraction of sp³-hybridized carbons (Fsp3) is 0.182. The lowest BCUT2D eigenvalue weighted by molar-refractivity contribution is -0.135. The number of fused-ring (bicyclic) bond motifs is 1. The Bertz CT molecular complexity index is 491. The molecule has 0 aliphatic heterocycles. The number of nitrogens with one attached hydrogen (secondary N) is 1. The number of nitrogens with two attached hydrogens (primary N) is 1. The highest BCUT2D eigenvalue weighted by atomic mass is 16.4. The van der Waals surface area contributed by atoms with E-state index in [4.69, 9.17) is 10.2 Å². The molecule has 0 saturated carbocycles. The van der Waals surface area contributed by atoms with Crippen molar-refractivity contribution in [3.8, 4) is 5.75 Å². The predicted octanol–water partition coefficient (Wildman–Crippen LogP) is 1.21. The number of carboxylic acid groups (broad SMARTS) is 1. The van der Waals surface area contributed by atoms with Crippen LogP contribution in [0.4, 0.5) is 0 Å². The summed E-state index contributed by atoms with van der Waals surface area (Å²) < 4.78 is 0. The fourth-order valence-electron chi connectivity index (χ4n) is 1.25. The molecule has 5 heteroatoms. The van der Waals surface area contributed by atoms with E-state index in [2.05, 4.69) is 10.7 Å². The highest BCUT2D eigenvalue weighted by Crippen LogP contribution is 2.21. The van der Waals surface area contributed by atoms with Gasteiger partial charge in [0, 0.05) is 17.1 Å². The third kappa shape index (κ3) is 2.99. The summed E-state index contributed by atoms with van der Waals surface area (Å²) in [4.78, 5) is 12.3. The quantitative estimate of drug-likeness (QED) is 0.582. The minimum atomic E-state index is -0.968. The van der Waals surface area contributed by atoms with E-state index in [0.29, 0.717) is 5.75 Å². The first-order chi connectivity index (χ1) is 7.54. The van der Waals surface area contributed by atoms with Crippen LogP contribution in [-0.4, -0.2) is 27.7 Å². The van der Waals surface area contributed by atoms with Crippen LogP contribution in [0.2, 0.25) is 0 Å². The van der Waals surface area contributed by atoms with Gasteiger partial charge in [0.2, 0.25) is 0 Å². The summed E-state index contributed by atoms with van der Waals surface area (Å²) in [7, 11) is 0. The average Bonchev–Trinajstić information content (AvgIpc) is 2.61. The van der Waals surface area contributed by atoms with E-state index >= 15 is 0 Å². The molecule has 0 amide bonds. The summed E-state index contributed by atoms with van der Waals surface area (Å²) in [5.74, 6) is -0.648. The number of H-pyrrole nitrogens is 1. The predicted molar refractivity (Wildman–Crippen MR) is 61.4 cm³/mol. The molecular weight excluding hydrogens is 208 g/mol. The summed E-state index contributed by atoms with van der Waals surface area (Å²) in [6, 6.07) is 5.32. The second kappa shape index (κ2) is 5.18. The van der Waals surface area contributed by atoms with Gasteiger partial charge in [-0.3, -0.25) is 4.79 Å². The van der Waals surface area contributed by atoms with Gasteiger partial charge in [-0.15, -0.1) is 0 Å². The van der Waals surface area contributed by atoms with Crippen LogP contribution in [0.15, 0.2) is 24.4 Å². The number of carboxylic acids is 1. The van der Waals surface area contributed by atoms with Gasteiger partial charge >= 0.3 is 5.97 Å². The molecule has 5 N–H and O–H groups in total. The van der Waals surface area contributed by atoms with Gasteiger partial charge in [0.05, 0.1) is 6.54 Å². The molecule has 0 saturated heterocycles. The molecular formula is C11H14N2O3. The van der Waals surface area contributed by atoms with Crippen molar-refractivity contribution in [2.75, 3.05) is 6.54 Å². The molecule has 0 atom stereocenters. The molecule has 0 aliphatic rings. The van der Waals surface area contributed by atoms with Crippen LogP contribution in [0.25, 0.3) is 10.9 Å². The molecule has 1 heterocycles. The van der Waals surface area contributed by atoms with E-state index < -0.39 is 5.97 Å². The molecule has 5 nitrogen and oxygen atoms in total. The van der Waals surface area contributed by atoms with E-state index in [1.807, 2.05) is 19.2 Å². The van der Waals surface area contributed by atoms with E-state index in [1.165, 1.54) is 0 Å². The van der Waals surface area contributed by atoms with Crippen molar-refractivity contribution >= 4 is 16.9 Å². The average molecular weight is 222 g/mol. The summed E-state index contributed by atoms with van der Waals surface area (Å²) in [6.45, 7) is 1.73. The zero-order valence-electron chi connectivity index (χ0n) is 8.90. The minimum absolute atomic E-state index is 0.278.